The van der Waals surface area contributed by atoms with Crippen LogP contribution in [0.5, 0.6) is 0 Å². The number of carbonyl (C=O) groups is 1. The van der Waals surface area contributed by atoms with Gasteiger partial charge < -0.3 is 5.11 Å². The number of fused-ring (bicyclic) bond motifs is 4. The number of rotatable bonds is 1. The molecule has 0 spiro atoms. The monoisotopic (exact) mass is 272 g/mol. The van der Waals surface area contributed by atoms with E-state index in [0.717, 1.165) is 21.5 Å². The molecule has 0 aliphatic rings. The standard InChI is InChI=1S/C19H12O2/c20-19(21)16-8-6-12-5-7-15-9-13-3-1-2-4-14(13)10-18(15)17(12)11-16/h1-11H,(H,20,21). The largest absolute Gasteiger partial charge is 0.478 e. The molecule has 0 fully saturated rings. The zero-order chi connectivity index (χ0) is 14.4. The van der Waals surface area contributed by atoms with Crippen LogP contribution in [0.4, 0.5) is 0 Å². The van der Waals surface area contributed by atoms with Crippen LogP contribution in [-0.2, 0) is 0 Å². The second-order valence-electron chi connectivity index (χ2n) is 5.23. The van der Waals surface area contributed by atoms with Crippen LogP contribution in [0.15, 0.2) is 66.7 Å². The quantitative estimate of drug-likeness (QED) is 0.397. The molecule has 0 radical (unpaired) electrons. The molecule has 0 atom stereocenters. The van der Waals surface area contributed by atoms with Crippen LogP contribution in [0.25, 0.3) is 32.3 Å². The van der Waals surface area contributed by atoms with Gasteiger partial charge >= 0.3 is 5.97 Å². The van der Waals surface area contributed by atoms with Crippen molar-refractivity contribution in [2.24, 2.45) is 0 Å². The van der Waals surface area contributed by atoms with Crippen molar-refractivity contribution < 1.29 is 9.90 Å². The van der Waals surface area contributed by atoms with Gasteiger partial charge in [-0.2, -0.15) is 0 Å². The highest BCUT2D eigenvalue weighted by atomic mass is 16.4. The van der Waals surface area contributed by atoms with Crippen LogP contribution < -0.4 is 0 Å². The van der Waals surface area contributed by atoms with Gasteiger partial charge in [-0.1, -0.05) is 42.5 Å². The summed E-state index contributed by atoms with van der Waals surface area (Å²) in [6.45, 7) is 0. The van der Waals surface area contributed by atoms with Crippen LogP contribution in [0.1, 0.15) is 10.4 Å². The van der Waals surface area contributed by atoms with Gasteiger partial charge in [0.2, 0.25) is 0 Å². The van der Waals surface area contributed by atoms with E-state index in [-0.39, 0.29) is 0 Å². The summed E-state index contributed by atoms with van der Waals surface area (Å²) in [7, 11) is 0. The molecule has 0 saturated carbocycles. The highest BCUT2D eigenvalue weighted by Crippen LogP contribution is 2.30. The lowest BCUT2D eigenvalue weighted by molar-refractivity contribution is 0.0697. The predicted octanol–water partition coefficient (Wildman–Crippen LogP) is 4.84. The zero-order valence-electron chi connectivity index (χ0n) is 11.2. The lowest BCUT2D eigenvalue weighted by atomic mass is 9.97. The fraction of sp³-hybridized carbons (Fsp3) is 0. The molecule has 0 aliphatic carbocycles. The predicted molar refractivity (Wildman–Crippen MR) is 85.9 cm³/mol. The normalized spacial score (nSPS) is 11.2. The number of hydrogen-bond acceptors (Lipinski definition) is 1. The summed E-state index contributed by atoms with van der Waals surface area (Å²) < 4.78 is 0. The van der Waals surface area contributed by atoms with E-state index in [9.17, 15) is 9.90 Å². The molecule has 0 unspecified atom stereocenters. The van der Waals surface area contributed by atoms with E-state index in [2.05, 4.69) is 30.3 Å². The van der Waals surface area contributed by atoms with E-state index in [1.54, 1.807) is 12.1 Å². The molecule has 0 saturated heterocycles. The number of carboxylic acid groups (broad SMARTS) is 1. The molecule has 100 valence electrons. The van der Waals surface area contributed by atoms with Crippen molar-refractivity contribution >= 4 is 38.3 Å². The molecule has 4 aromatic rings. The molecule has 1 N–H and O–H groups in total. The van der Waals surface area contributed by atoms with Crippen molar-refractivity contribution in [3.8, 4) is 0 Å². The van der Waals surface area contributed by atoms with E-state index >= 15 is 0 Å². The van der Waals surface area contributed by atoms with Gasteiger partial charge in [-0.25, -0.2) is 4.79 Å². The summed E-state index contributed by atoms with van der Waals surface area (Å²) in [5, 5.41) is 15.8. The average Bonchev–Trinajstić information content (AvgIpc) is 2.52. The molecule has 0 amide bonds. The van der Waals surface area contributed by atoms with E-state index in [4.69, 9.17) is 0 Å². The molecule has 2 heteroatoms. The van der Waals surface area contributed by atoms with Gasteiger partial charge in [-0.05, 0) is 56.6 Å². The summed E-state index contributed by atoms with van der Waals surface area (Å²) in [5.41, 5.74) is 0.322. The Morgan fingerprint density at radius 2 is 1.29 bits per heavy atom. The maximum absolute atomic E-state index is 11.2. The molecule has 0 heterocycles. The SMILES string of the molecule is O=C(O)c1ccc2ccc3cc4ccccc4cc3c2c1. The van der Waals surface area contributed by atoms with Crippen molar-refractivity contribution in [2.45, 2.75) is 0 Å². The minimum atomic E-state index is -0.894. The molecule has 0 aromatic heterocycles. The maximum Gasteiger partial charge on any atom is 0.335 e. The first-order valence-corrected chi connectivity index (χ1v) is 6.81. The maximum atomic E-state index is 11.2. The fourth-order valence-corrected chi connectivity index (χ4v) is 2.88. The number of benzene rings is 4. The number of carboxylic acids is 1. The molecule has 0 aliphatic heterocycles. The van der Waals surface area contributed by atoms with Crippen LogP contribution in [-0.4, -0.2) is 11.1 Å². The van der Waals surface area contributed by atoms with Crippen LogP contribution in [0, 0.1) is 0 Å². The Hall–Kier alpha value is -2.87. The third kappa shape index (κ3) is 1.84. The molecular formula is C19H12O2. The highest BCUT2D eigenvalue weighted by Gasteiger charge is 2.07. The smallest absolute Gasteiger partial charge is 0.335 e. The Balaban J connectivity index is 2.17. The Bertz CT molecular complexity index is 1020. The van der Waals surface area contributed by atoms with Crippen molar-refractivity contribution in [2.75, 3.05) is 0 Å². The lowest BCUT2D eigenvalue weighted by Crippen LogP contribution is -1.95. The van der Waals surface area contributed by atoms with Crippen molar-refractivity contribution in [1.82, 2.24) is 0 Å². The molecule has 4 aromatic carbocycles. The highest BCUT2D eigenvalue weighted by molar-refractivity contribution is 6.13. The van der Waals surface area contributed by atoms with E-state index in [0.29, 0.717) is 5.56 Å². The zero-order valence-corrected chi connectivity index (χ0v) is 11.2. The molecular weight excluding hydrogens is 260 g/mol. The minimum Gasteiger partial charge on any atom is -0.478 e. The van der Waals surface area contributed by atoms with Gasteiger partial charge in [0.15, 0.2) is 0 Å². The summed E-state index contributed by atoms with van der Waals surface area (Å²) in [4.78, 5) is 11.2. The van der Waals surface area contributed by atoms with Crippen molar-refractivity contribution in [3.05, 3.63) is 72.3 Å². The van der Waals surface area contributed by atoms with Crippen molar-refractivity contribution in [1.29, 1.82) is 0 Å². The fourth-order valence-electron chi connectivity index (χ4n) is 2.88. The average molecular weight is 272 g/mol. The first kappa shape index (κ1) is 11.9. The summed E-state index contributed by atoms with van der Waals surface area (Å²) in [6, 6.07) is 21.9. The van der Waals surface area contributed by atoms with Gasteiger partial charge in [0, 0.05) is 0 Å². The van der Waals surface area contributed by atoms with E-state index in [1.807, 2.05) is 24.3 Å². The summed E-state index contributed by atoms with van der Waals surface area (Å²) in [5.74, 6) is -0.894. The second-order valence-corrected chi connectivity index (χ2v) is 5.23. The van der Waals surface area contributed by atoms with Crippen LogP contribution in [0.3, 0.4) is 0 Å². The summed E-state index contributed by atoms with van der Waals surface area (Å²) >= 11 is 0. The topological polar surface area (TPSA) is 37.3 Å². The third-order valence-corrected chi connectivity index (χ3v) is 3.95. The van der Waals surface area contributed by atoms with E-state index < -0.39 is 5.97 Å². The summed E-state index contributed by atoms with van der Waals surface area (Å²) in [6.07, 6.45) is 0. The minimum absolute atomic E-state index is 0.322. The Morgan fingerprint density at radius 1 is 0.667 bits per heavy atom. The van der Waals surface area contributed by atoms with Gasteiger partial charge in [0.25, 0.3) is 0 Å². The van der Waals surface area contributed by atoms with Crippen molar-refractivity contribution in [3.63, 3.8) is 0 Å². The number of aromatic carboxylic acids is 1. The Kier molecular flexibility index (Phi) is 2.45. The van der Waals surface area contributed by atoms with Crippen LogP contribution in [0.2, 0.25) is 0 Å². The van der Waals surface area contributed by atoms with Gasteiger partial charge in [0.1, 0.15) is 0 Å². The third-order valence-electron chi connectivity index (χ3n) is 3.95. The lowest BCUT2D eigenvalue weighted by Gasteiger charge is -2.07. The van der Waals surface area contributed by atoms with Gasteiger partial charge in [-0.15, -0.1) is 0 Å². The number of hydrogen-bond donors (Lipinski definition) is 1. The molecule has 21 heavy (non-hydrogen) atoms. The van der Waals surface area contributed by atoms with Gasteiger partial charge in [0.05, 0.1) is 5.56 Å². The first-order chi connectivity index (χ1) is 10.2. The van der Waals surface area contributed by atoms with Gasteiger partial charge in [-0.3, -0.25) is 0 Å². The molecule has 4 rings (SSSR count). The first-order valence-electron chi connectivity index (χ1n) is 6.81. The van der Waals surface area contributed by atoms with E-state index in [1.165, 1.54) is 10.8 Å². The second kappa shape index (κ2) is 4.32. The van der Waals surface area contributed by atoms with Crippen LogP contribution >= 0.6 is 0 Å². The Morgan fingerprint density at radius 3 is 2.05 bits per heavy atom. The Labute approximate surface area is 121 Å². The molecule has 2 nitrogen and oxygen atoms in total. The molecule has 0 bridgehead atoms.